The smallest absolute Gasteiger partial charge is 0.297 e. The Balaban J connectivity index is 1.17. The van der Waals surface area contributed by atoms with Gasteiger partial charge < -0.3 is 38.2 Å². The van der Waals surface area contributed by atoms with Crippen LogP contribution in [0.3, 0.4) is 0 Å². The Kier molecular flexibility index (Phi) is 5.20. The number of methoxy groups -OCH3 is 1. The van der Waals surface area contributed by atoms with Gasteiger partial charge in [0, 0.05) is 71.3 Å². The van der Waals surface area contributed by atoms with Crippen LogP contribution in [0.25, 0.3) is 65.8 Å². The highest BCUT2D eigenvalue weighted by molar-refractivity contribution is 6.31. The van der Waals surface area contributed by atoms with E-state index >= 15 is 0 Å². The molecule has 7 heterocycles. The minimum Gasteiger partial charge on any atom is -0.423 e. The van der Waals surface area contributed by atoms with Crippen molar-refractivity contribution in [2.75, 3.05) is 19.1 Å². The number of aromatic amines is 1. The minimum absolute atomic E-state index is 0.0294. The molecule has 2 N–H and O–H groups in total. The summed E-state index contributed by atoms with van der Waals surface area (Å²) in [6.45, 7) is 2.63. The van der Waals surface area contributed by atoms with Gasteiger partial charge in [0.1, 0.15) is 12.3 Å². The van der Waals surface area contributed by atoms with E-state index in [4.69, 9.17) is 18.9 Å². The number of fused-ring (bicyclic) bond motifs is 14. The van der Waals surface area contributed by atoms with Gasteiger partial charge >= 0.3 is 0 Å². The Morgan fingerprint density at radius 3 is 2.51 bits per heavy atom. The number of amides is 1. The largest absolute Gasteiger partial charge is 0.423 e. The van der Waals surface area contributed by atoms with Crippen LogP contribution in [-0.4, -0.2) is 51.3 Å². The number of aromatic nitrogens is 4. The number of likely N-dealkylation sites (N-methyl/N-ethyl adjacent to an activating group) is 1. The number of ether oxygens (including phenoxy) is 2. The van der Waals surface area contributed by atoms with E-state index in [1.165, 1.54) is 0 Å². The molecule has 10 nitrogen and oxygen atoms in total. The Labute approximate surface area is 279 Å². The van der Waals surface area contributed by atoms with E-state index in [-0.39, 0.29) is 18.2 Å². The van der Waals surface area contributed by atoms with E-state index in [0.717, 1.165) is 71.2 Å². The molecule has 3 aliphatic heterocycles. The summed E-state index contributed by atoms with van der Waals surface area (Å²) in [6, 6.07) is 25.3. The van der Waals surface area contributed by atoms with E-state index in [1.54, 1.807) is 13.3 Å². The summed E-state index contributed by atoms with van der Waals surface area (Å²) in [5.41, 5.74) is 7.03. The number of H-pyrrole nitrogens is 1. The van der Waals surface area contributed by atoms with Crippen molar-refractivity contribution in [1.82, 2.24) is 24.4 Å². The highest BCUT2D eigenvalue weighted by Gasteiger charge is 2.55. The molecule has 0 spiro atoms. The van der Waals surface area contributed by atoms with Gasteiger partial charge in [-0.3, -0.25) is 4.79 Å². The standard InChI is InChI=1S/C39H32N6O4/c1-39-36(47-3)28(43(2)38-42-19-29(48-38)23-17-40-25-13-7-4-10-20(23)25)16-30(49-39)44-26-14-8-5-11-21(26)32-33-24(18-41-37(33)46)31-22-12-6-9-15-27(22)45(39)35(31)34(32)44/h4-15,17,19,28,30,36,40H,16,18H2,1-3H3,(H,41,46)/t28-,30-,36-,39+/m1/s1. The van der Waals surface area contributed by atoms with Crippen molar-refractivity contribution in [1.29, 1.82) is 0 Å². The maximum Gasteiger partial charge on any atom is 0.297 e. The molecule has 3 aliphatic rings. The number of anilines is 1. The maximum atomic E-state index is 13.7. The molecule has 0 aliphatic carbocycles. The maximum absolute atomic E-state index is 13.7. The van der Waals surface area contributed by atoms with Crippen LogP contribution in [-0.2, 0) is 21.7 Å². The second-order valence-corrected chi connectivity index (χ2v) is 13.7. The number of nitrogens with one attached hydrogen (secondary N) is 2. The van der Waals surface area contributed by atoms with Crippen molar-refractivity contribution in [3.63, 3.8) is 0 Å². The fourth-order valence-electron chi connectivity index (χ4n) is 9.36. The van der Waals surface area contributed by atoms with Gasteiger partial charge in [-0.15, -0.1) is 0 Å². The lowest BCUT2D eigenvalue weighted by molar-refractivity contribution is -0.253. The predicted molar refractivity (Wildman–Crippen MR) is 189 cm³/mol. The second-order valence-electron chi connectivity index (χ2n) is 13.7. The second kappa shape index (κ2) is 9.31. The summed E-state index contributed by atoms with van der Waals surface area (Å²) in [7, 11) is 3.79. The third kappa shape index (κ3) is 3.28. The topological polar surface area (TPSA) is 102 Å². The number of carbonyl (C=O) groups excluding carboxylic acids is 1. The molecule has 1 fully saturated rings. The Morgan fingerprint density at radius 2 is 1.69 bits per heavy atom. The molecule has 10 heteroatoms. The van der Waals surface area contributed by atoms with Gasteiger partial charge in [-0.05, 0) is 30.7 Å². The van der Waals surface area contributed by atoms with Gasteiger partial charge in [0.15, 0.2) is 11.5 Å². The molecule has 0 radical (unpaired) electrons. The van der Waals surface area contributed by atoms with Crippen molar-refractivity contribution in [2.45, 2.75) is 44.0 Å². The number of carbonyl (C=O) groups is 1. The number of hydrogen-bond donors (Lipinski definition) is 2. The van der Waals surface area contributed by atoms with E-state index in [2.05, 4.69) is 85.9 Å². The number of rotatable bonds is 4. The zero-order chi connectivity index (χ0) is 32.8. The summed E-state index contributed by atoms with van der Waals surface area (Å²) in [5, 5.41) is 8.45. The first-order valence-electron chi connectivity index (χ1n) is 16.7. The molecule has 0 saturated carbocycles. The highest BCUT2D eigenvalue weighted by atomic mass is 16.6. The van der Waals surface area contributed by atoms with Gasteiger partial charge in [-0.1, -0.05) is 54.6 Å². The zero-order valence-electron chi connectivity index (χ0n) is 27.2. The summed E-state index contributed by atoms with van der Waals surface area (Å²) in [5.74, 6) is 0.665. The van der Waals surface area contributed by atoms with Crippen molar-refractivity contribution in [2.24, 2.45) is 0 Å². The summed E-state index contributed by atoms with van der Waals surface area (Å²) in [6.07, 6.45) is 3.56. The lowest BCUT2D eigenvalue weighted by atomic mass is 9.92. The molecule has 8 aromatic rings. The molecule has 4 atom stereocenters. The van der Waals surface area contributed by atoms with E-state index in [1.807, 2.05) is 31.4 Å². The highest BCUT2D eigenvalue weighted by Crippen LogP contribution is 2.54. The molecule has 11 rings (SSSR count). The fourth-order valence-corrected chi connectivity index (χ4v) is 9.36. The van der Waals surface area contributed by atoms with Crippen LogP contribution >= 0.6 is 0 Å². The Morgan fingerprint density at radius 1 is 0.959 bits per heavy atom. The van der Waals surface area contributed by atoms with Gasteiger partial charge in [0.05, 0.1) is 39.9 Å². The number of hydrogen-bond acceptors (Lipinski definition) is 6. The molecule has 242 valence electrons. The lowest BCUT2D eigenvalue weighted by Gasteiger charge is -2.50. The molecular weight excluding hydrogens is 616 g/mol. The first-order valence-corrected chi connectivity index (χ1v) is 16.7. The Hall–Kier alpha value is -5.58. The first-order chi connectivity index (χ1) is 24.0. The quantitative estimate of drug-likeness (QED) is 0.206. The van der Waals surface area contributed by atoms with Crippen LogP contribution in [0.5, 0.6) is 0 Å². The molecule has 49 heavy (non-hydrogen) atoms. The van der Waals surface area contributed by atoms with Gasteiger partial charge in [-0.2, -0.15) is 0 Å². The van der Waals surface area contributed by atoms with Gasteiger partial charge in [0.2, 0.25) is 0 Å². The third-order valence-electron chi connectivity index (χ3n) is 11.3. The number of para-hydroxylation sites is 3. The van der Waals surface area contributed by atoms with Gasteiger partial charge in [0.25, 0.3) is 11.9 Å². The predicted octanol–water partition coefficient (Wildman–Crippen LogP) is 7.41. The van der Waals surface area contributed by atoms with Crippen LogP contribution in [0, 0.1) is 0 Å². The molecule has 4 aromatic carbocycles. The Bertz CT molecular complexity index is 2710. The minimum atomic E-state index is -0.943. The summed E-state index contributed by atoms with van der Waals surface area (Å²) in [4.78, 5) is 23.9. The van der Waals surface area contributed by atoms with Crippen LogP contribution in [0.2, 0.25) is 0 Å². The van der Waals surface area contributed by atoms with E-state index in [9.17, 15) is 4.79 Å². The van der Waals surface area contributed by atoms with E-state index in [0.29, 0.717) is 24.7 Å². The number of oxazole rings is 1. The average molecular weight is 649 g/mol. The molecule has 0 unspecified atom stereocenters. The molecule has 1 saturated heterocycles. The van der Waals surface area contributed by atoms with Crippen molar-refractivity contribution < 1.29 is 18.7 Å². The molecule has 4 aromatic heterocycles. The molecular formula is C39H32N6O4. The lowest BCUT2D eigenvalue weighted by Crippen LogP contribution is -2.60. The van der Waals surface area contributed by atoms with Crippen LogP contribution < -0.4 is 10.2 Å². The monoisotopic (exact) mass is 648 g/mol. The summed E-state index contributed by atoms with van der Waals surface area (Å²) < 4.78 is 25.1. The van der Waals surface area contributed by atoms with Crippen molar-refractivity contribution in [3.05, 3.63) is 96.3 Å². The average Bonchev–Trinajstić information content (AvgIpc) is 3.94. The summed E-state index contributed by atoms with van der Waals surface area (Å²) >= 11 is 0. The van der Waals surface area contributed by atoms with Crippen LogP contribution in [0.1, 0.15) is 35.5 Å². The molecule has 2 bridgehead atoms. The van der Waals surface area contributed by atoms with Gasteiger partial charge in [-0.25, -0.2) is 4.98 Å². The number of nitrogens with zero attached hydrogens (tertiary/aromatic N) is 4. The van der Waals surface area contributed by atoms with Crippen molar-refractivity contribution >= 4 is 66.4 Å². The normalized spacial score (nSPS) is 22.9. The van der Waals surface area contributed by atoms with Crippen LogP contribution in [0.4, 0.5) is 6.01 Å². The van der Waals surface area contributed by atoms with E-state index < -0.39 is 11.8 Å². The number of benzene rings is 4. The SMILES string of the molecule is CO[C@@H]1[C@H](N(C)c2ncc(-c3c[nH]c4ccccc34)o2)C[C@H]2O[C@]1(C)n1c3ccccc3c3c4c(c5c6ccccc6n2c5c31)C(=O)NC4. The fraction of sp³-hybridized carbons (Fsp3) is 0.231. The third-order valence-corrected chi connectivity index (χ3v) is 11.3. The molecule has 1 amide bonds. The zero-order valence-corrected chi connectivity index (χ0v) is 27.2. The first kappa shape index (κ1) is 27.4. The van der Waals surface area contributed by atoms with Crippen molar-refractivity contribution in [3.8, 4) is 11.3 Å². The van der Waals surface area contributed by atoms with Crippen LogP contribution in [0.15, 0.2) is 89.6 Å².